The maximum absolute atomic E-state index is 12.5. The van der Waals surface area contributed by atoms with E-state index in [0.29, 0.717) is 18.0 Å². The molecule has 3 aromatic rings. The zero-order chi connectivity index (χ0) is 20.2. The van der Waals surface area contributed by atoms with Gasteiger partial charge in [-0.05, 0) is 48.1 Å². The molecule has 4 rings (SSSR count). The van der Waals surface area contributed by atoms with Crippen LogP contribution in [0, 0.1) is 0 Å². The number of rotatable bonds is 4. The molecule has 3 amide bonds. The summed E-state index contributed by atoms with van der Waals surface area (Å²) in [6, 6.07) is 15.6. The number of hydrogen-bond acceptors (Lipinski definition) is 2. The molecule has 0 unspecified atom stereocenters. The van der Waals surface area contributed by atoms with Crippen molar-refractivity contribution in [1.29, 1.82) is 0 Å². The third kappa shape index (κ3) is 4.11. The van der Waals surface area contributed by atoms with Gasteiger partial charge in [-0.1, -0.05) is 30.3 Å². The summed E-state index contributed by atoms with van der Waals surface area (Å²) in [6.45, 7) is 1.96. The second-order valence-corrected chi connectivity index (χ2v) is 7.49. The van der Waals surface area contributed by atoms with E-state index in [4.69, 9.17) is 0 Å². The number of nitrogens with one attached hydrogen (secondary N) is 3. The predicted molar refractivity (Wildman–Crippen MR) is 114 cm³/mol. The molecule has 6 heteroatoms. The topological polar surface area (TPSA) is 77.2 Å². The van der Waals surface area contributed by atoms with Gasteiger partial charge in [-0.3, -0.25) is 4.79 Å². The van der Waals surface area contributed by atoms with Crippen LogP contribution in [-0.2, 0) is 6.54 Å². The number of piperidine rings is 1. The lowest BCUT2D eigenvalue weighted by Gasteiger charge is -2.32. The summed E-state index contributed by atoms with van der Waals surface area (Å²) >= 11 is 0. The number of aromatic amines is 1. The fourth-order valence-electron chi connectivity index (χ4n) is 4.03. The Morgan fingerprint density at radius 3 is 2.52 bits per heavy atom. The smallest absolute Gasteiger partial charge is 0.317 e. The number of aromatic nitrogens is 1. The highest BCUT2D eigenvalue weighted by molar-refractivity contribution is 5.94. The van der Waals surface area contributed by atoms with Crippen LogP contribution in [0.1, 0.15) is 40.2 Å². The summed E-state index contributed by atoms with van der Waals surface area (Å²) in [5.74, 6) is 0.367. The van der Waals surface area contributed by atoms with Crippen LogP contribution in [0.5, 0.6) is 0 Å². The van der Waals surface area contributed by atoms with Gasteiger partial charge in [0.25, 0.3) is 5.91 Å². The van der Waals surface area contributed by atoms with E-state index < -0.39 is 0 Å². The molecule has 1 saturated heterocycles. The van der Waals surface area contributed by atoms with Crippen molar-refractivity contribution in [1.82, 2.24) is 20.5 Å². The van der Waals surface area contributed by atoms with Gasteiger partial charge in [0, 0.05) is 49.3 Å². The lowest BCUT2D eigenvalue weighted by molar-refractivity contribution is 0.0963. The molecule has 1 fully saturated rings. The quantitative estimate of drug-likeness (QED) is 0.636. The Kier molecular flexibility index (Phi) is 5.51. The molecule has 3 N–H and O–H groups in total. The van der Waals surface area contributed by atoms with Crippen LogP contribution in [-0.4, -0.2) is 42.0 Å². The van der Waals surface area contributed by atoms with E-state index in [1.807, 2.05) is 23.1 Å². The van der Waals surface area contributed by atoms with E-state index in [2.05, 4.69) is 40.0 Å². The number of nitrogens with zero attached hydrogens (tertiary/aromatic N) is 1. The zero-order valence-corrected chi connectivity index (χ0v) is 16.6. The van der Waals surface area contributed by atoms with Crippen molar-refractivity contribution < 1.29 is 9.59 Å². The van der Waals surface area contributed by atoms with Crippen LogP contribution in [0.25, 0.3) is 10.9 Å². The molecule has 29 heavy (non-hydrogen) atoms. The Morgan fingerprint density at radius 1 is 1.07 bits per heavy atom. The minimum atomic E-state index is -0.112. The highest BCUT2D eigenvalue weighted by Crippen LogP contribution is 2.33. The number of H-pyrrole nitrogens is 1. The van der Waals surface area contributed by atoms with E-state index in [9.17, 15) is 9.59 Å². The normalized spacial score (nSPS) is 14.7. The van der Waals surface area contributed by atoms with Crippen LogP contribution in [0.4, 0.5) is 4.79 Å². The number of likely N-dealkylation sites (tertiary alicyclic amines) is 1. The SMILES string of the molecule is CNC(=O)c1ccc(CNC(=O)N2CCC(c3c[nH]c4ccccc34)CC2)cc1. The number of fused-ring (bicyclic) bond motifs is 1. The van der Waals surface area contributed by atoms with E-state index in [1.165, 1.54) is 16.5 Å². The van der Waals surface area contributed by atoms with Crippen molar-refractivity contribution >= 4 is 22.8 Å². The number of carbonyl (C=O) groups is 2. The largest absolute Gasteiger partial charge is 0.361 e. The second-order valence-electron chi connectivity index (χ2n) is 7.49. The maximum Gasteiger partial charge on any atom is 0.317 e. The summed E-state index contributed by atoms with van der Waals surface area (Å²) in [7, 11) is 1.61. The first-order valence-electron chi connectivity index (χ1n) is 10.1. The van der Waals surface area contributed by atoms with Gasteiger partial charge >= 0.3 is 6.03 Å². The summed E-state index contributed by atoms with van der Waals surface area (Å²) < 4.78 is 0. The molecule has 6 nitrogen and oxygen atoms in total. The molecular weight excluding hydrogens is 364 g/mol. The average Bonchev–Trinajstić information content (AvgIpc) is 3.21. The zero-order valence-electron chi connectivity index (χ0n) is 16.6. The van der Waals surface area contributed by atoms with Crippen LogP contribution in [0.3, 0.4) is 0 Å². The second kappa shape index (κ2) is 8.39. The van der Waals surface area contributed by atoms with Crippen LogP contribution in [0.2, 0.25) is 0 Å². The number of hydrogen-bond donors (Lipinski definition) is 3. The first-order chi connectivity index (χ1) is 14.2. The molecule has 2 aromatic carbocycles. The number of amides is 3. The van der Waals surface area contributed by atoms with Crippen LogP contribution >= 0.6 is 0 Å². The molecule has 2 heterocycles. The van der Waals surface area contributed by atoms with Gasteiger partial charge in [-0.25, -0.2) is 4.79 Å². The van der Waals surface area contributed by atoms with Gasteiger partial charge in [0.1, 0.15) is 0 Å². The Balaban J connectivity index is 1.29. The molecule has 150 valence electrons. The van der Waals surface area contributed by atoms with Crippen LogP contribution < -0.4 is 10.6 Å². The fourth-order valence-corrected chi connectivity index (χ4v) is 4.03. The first-order valence-corrected chi connectivity index (χ1v) is 10.1. The number of benzene rings is 2. The van der Waals surface area contributed by atoms with Crippen molar-refractivity contribution in [3.8, 4) is 0 Å². The van der Waals surface area contributed by atoms with Gasteiger partial charge in [0.15, 0.2) is 0 Å². The molecule has 0 aliphatic carbocycles. The van der Waals surface area contributed by atoms with Gasteiger partial charge < -0.3 is 20.5 Å². The molecule has 1 aromatic heterocycles. The summed E-state index contributed by atoms with van der Waals surface area (Å²) in [6.07, 6.45) is 4.06. The minimum absolute atomic E-state index is 0.0299. The van der Waals surface area contributed by atoms with E-state index in [1.54, 1.807) is 19.2 Å². The third-order valence-electron chi connectivity index (χ3n) is 5.73. The van der Waals surface area contributed by atoms with Gasteiger partial charge in [0.2, 0.25) is 0 Å². The molecule has 1 aliphatic heterocycles. The van der Waals surface area contributed by atoms with Crippen LogP contribution in [0.15, 0.2) is 54.7 Å². The van der Waals surface area contributed by atoms with Gasteiger partial charge in [-0.15, -0.1) is 0 Å². The summed E-state index contributed by atoms with van der Waals surface area (Å²) in [4.78, 5) is 29.4. The van der Waals surface area contributed by atoms with Gasteiger partial charge in [0.05, 0.1) is 0 Å². The molecule has 0 bridgehead atoms. The number of urea groups is 1. The molecule has 0 saturated carbocycles. The Bertz CT molecular complexity index is 1000. The molecule has 0 atom stereocenters. The molecular formula is C23H26N4O2. The number of para-hydroxylation sites is 1. The van der Waals surface area contributed by atoms with Crippen molar-refractivity contribution in [2.75, 3.05) is 20.1 Å². The number of carbonyl (C=O) groups excluding carboxylic acids is 2. The Morgan fingerprint density at radius 2 is 1.79 bits per heavy atom. The highest BCUT2D eigenvalue weighted by Gasteiger charge is 2.25. The fraction of sp³-hybridized carbons (Fsp3) is 0.304. The highest BCUT2D eigenvalue weighted by atomic mass is 16.2. The molecule has 1 aliphatic rings. The van der Waals surface area contributed by atoms with E-state index in [-0.39, 0.29) is 11.9 Å². The first kappa shape index (κ1) is 19.1. The van der Waals surface area contributed by atoms with Gasteiger partial charge in [-0.2, -0.15) is 0 Å². The Hall–Kier alpha value is -3.28. The maximum atomic E-state index is 12.5. The standard InChI is InChI=1S/C23H26N4O2/c1-24-22(28)18-8-6-16(7-9-18)14-26-23(29)27-12-10-17(11-13-27)20-15-25-21-5-3-2-4-19(20)21/h2-9,15,17,25H,10-14H2,1H3,(H,24,28)(H,26,29). The average molecular weight is 390 g/mol. The lowest BCUT2D eigenvalue weighted by atomic mass is 9.89. The van der Waals surface area contributed by atoms with E-state index in [0.717, 1.165) is 31.5 Å². The van der Waals surface area contributed by atoms with E-state index >= 15 is 0 Å². The predicted octanol–water partition coefficient (Wildman–Crippen LogP) is 3.62. The molecule has 0 spiro atoms. The van der Waals surface area contributed by atoms with Crippen molar-refractivity contribution in [2.24, 2.45) is 0 Å². The van der Waals surface area contributed by atoms with Crippen molar-refractivity contribution in [2.45, 2.75) is 25.3 Å². The summed E-state index contributed by atoms with van der Waals surface area (Å²) in [5, 5.41) is 6.88. The minimum Gasteiger partial charge on any atom is -0.361 e. The third-order valence-corrected chi connectivity index (χ3v) is 5.73. The summed E-state index contributed by atoms with van der Waals surface area (Å²) in [5.41, 5.74) is 4.11. The molecule has 0 radical (unpaired) electrons. The van der Waals surface area contributed by atoms with Crippen molar-refractivity contribution in [3.05, 3.63) is 71.4 Å². The monoisotopic (exact) mass is 390 g/mol. The van der Waals surface area contributed by atoms with Crippen molar-refractivity contribution in [3.63, 3.8) is 0 Å². The Labute approximate surface area is 170 Å². The lowest BCUT2D eigenvalue weighted by Crippen LogP contribution is -2.43.